The molecule has 0 aliphatic rings. The van der Waals surface area contributed by atoms with E-state index >= 15 is 0 Å². The Kier molecular flexibility index (Phi) is 4.79. The zero-order valence-electron chi connectivity index (χ0n) is 11.8. The molecule has 0 aliphatic heterocycles. The highest BCUT2D eigenvalue weighted by Gasteiger charge is 2.14. The molecule has 0 heterocycles. The van der Waals surface area contributed by atoms with Crippen LogP contribution in [-0.2, 0) is 13.1 Å². The second kappa shape index (κ2) is 6.76. The summed E-state index contributed by atoms with van der Waals surface area (Å²) < 4.78 is 4.99. The molecule has 0 spiro atoms. The van der Waals surface area contributed by atoms with Gasteiger partial charge in [-0.25, -0.2) is 0 Å². The van der Waals surface area contributed by atoms with Crippen molar-refractivity contribution in [3.8, 4) is 11.5 Å². The van der Waals surface area contributed by atoms with Crippen molar-refractivity contribution in [2.24, 2.45) is 5.73 Å². The lowest BCUT2D eigenvalue weighted by Crippen LogP contribution is -2.23. The Hall–Kier alpha value is -2.53. The van der Waals surface area contributed by atoms with E-state index in [9.17, 15) is 9.90 Å². The molecule has 0 saturated heterocycles. The summed E-state index contributed by atoms with van der Waals surface area (Å²) in [5, 5.41) is 12.7. The summed E-state index contributed by atoms with van der Waals surface area (Å²) >= 11 is 0. The summed E-state index contributed by atoms with van der Waals surface area (Å²) in [6.07, 6.45) is 0. The molecule has 0 radical (unpaired) electrons. The number of nitrogens with two attached hydrogens (primary N) is 1. The van der Waals surface area contributed by atoms with Gasteiger partial charge in [-0.1, -0.05) is 30.3 Å². The number of hydrogen-bond donors (Lipinski definition) is 3. The van der Waals surface area contributed by atoms with Crippen molar-refractivity contribution in [1.29, 1.82) is 0 Å². The van der Waals surface area contributed by atoms with Crippen molar-refractivity contribution in [2.75, 3.05) is 7.11 Å². The van der Waals surface area contributed by atoms with Gasteiger partial charge in [0.15, 0.2) is 11.5 Å². The average Bonchev–Trinajstić information content (AvgIpc) is 2.53. The molecule has 0 aromatic heterocycles. The molecule has 0 atom stereocenters. The predicted molar refractivity (Wildman–Crippen MR) is 80.2 cm³/mol. The maximum atomic E-state index is 12.1. The molecule has 5 heteroatoms. The van der Waals surface area contributed by atoms with Crippen molar-refractivity contribution in [3.05, 3.63) is 59.2 Å². The molecule has 21 heavy (non-hydrogen) atoms. The van der Waals surface area contributed by atoms with Gasteiger partial charge in [-0.2, -0.15) is 0 Å². The van der Waals surface area contributed by atoms with Crippen LogP contribution in [0.4, 0.5) is 0 Å². The van der Waals surface area contributed by atoms with E-state index in [1.54, 1.807) is 18.2 Å². The van der Waals surface area contributed by atoms with Crippen molar-refractivity contribution in [3.63, 3.8) is 0 Å². The highest BCUT2D eigenvalue weighted by atomic mass is 16.5. The molecule has 2 rings (SSSR count). The van der Waals surface area contributed by atoms with Crippen molar-refractivity contribution in [1.82, 2.24) is 5.32 Å². The standard InChI is InChI=1S/C16H18N2O3/c1-21-14-8-4-7-13(15(14)19)16(20)18-10-12-6-3-2-5-11(12)9-17/h2-8,19H,9-10,17H2,1H3,(H,18,20). The zero-order valence-corrected chi connectivity index (χ0v) is 11.8. The van der Waals surface area contributed by atoms with Crippen LogP contribution in [-0.4, -0.2) is 18.1 Å². The van der Waals surface area contributed by atoms with Crippen LogP contribution in [0.1, 0.15) is 21.5 Å². The van der Waals surface area contributed by atoms with Gasteiger partial charge in [0.1, 0.15) is 0 Å². The summed E-state index contributed by atoms with van der Waals surface area (Å²) in [5.41, 5.74) is 7.77. The monoisotopic (exact) mass is 286 g/mol. The van der Waals surface area contributed by atoms with E-state index in [2.05, 4.69) is 5.32 Å². The number of rotatable bonds is 5. The normalized spacial score (nSPS) is 10.2. The van der Waals surface area contributed by atoms with Gasteiger partial charge in [-0.05, 0) is 23.3 Å². The second-order valence-corrected chi connectivity index (χ2v) is 4.51. The van der Waals surface area contributed by atoms with Crippen LogP contribution in [0.5, 0.6) is 11.5 Å². The van der Waals surface area contributed by atoms with Gasteiger partial charge < -0.3 is 20.9 Å². The number of carbonyl (C=O) groups excluding carboxylic acids is 1. The Morgan fingerprint density at radius 1 is 1.19 bits per heavy atom. The first-order chi connectivity index (χ1) is 10.2. The number of carbonyl (C=O) groups is 1. The average molecular weight is 286 g/mol. The number of phenols is 1. The van der Waals surface area contributed by atoms with Gasteiger partial charge in [0.25, 0.3) is 5.91 Å². The van der Waals surface area contributed by atoms with Gasteiger partial charge in [0.2, 0.25) is 0 Å². The molecule has 2 aromatic rings. The van der Waals surface area contributed by atoms with Gasteiger partial charge in [0, 0.05) is 13.1 Å². The van der Waals surface area contributed by atoms with Gasteiger partial charge in [-0.3, -0.25) is 4.79 Å². The van der Waals surface area contributed by atoms with E-state index in [-0.39, 0.29) is 23.0 Å². The molecule has 1 amide bonds. The van der Waals surface area contributed by atoms with E-state index < -0.39 is 0 Å². The Bertz CT molecular complexity index is 641. The molecule has 0 fully saturated rings. The Morgan fingerprint density at radius 2 is 1.90 bits per heavy atom. The first-order valence-corrected chi connectivity index (χ1v) is 6.58. The number of aromatic hydroxyl groups is 1. The summed E-state index contributed by atoms with van der Waals surface area (Å²) in [4.78, 5) is 12.1. The largest absolute Gasteiger partial charge is 0.504 e. The molecule has 0 unspecified atom stereocenters. The van der Waals surface area contributed by atoms with Crippen LogP contribution in [0, 0.1) is 0 Å². The van der Waals surface area contributed by atoms with Gasteiger partial charge in [-0.15, -0.1) is 0 Å². The predicted octanol–water partition coefficient (Wildman–Crippen LogP) is 1.79. The highest BCUT2D eigenvalue weighted by Crippen LogP contribution is 2.29. The fourth-order valence-electron chi connectivity index (χ4n) is 2.07. The third-order valence-corrected chi connectivity index (χ3v) is 3.24. The van der Waals surface area contributed by atoms with E-state index in [0.717, 1.165) is 11.1 Å². The number of amides is 1. The molecule has 2 aromatic carbocycles. The fraction of sp³-hybridized carbons (Fsp3) is 0.188. The minimum absolute atomic E-state index is 0.162. The lowest BCUT2D eigenvalue weighted by Gasteiger charge is -2.11. The summed E-state index contributed by atoms with van der Waals surface area (Å²) in [6.45, 7) is 0.763. The Morgan fingerprint density at radius 3 is 2.57 bits per heavy atom. The number of para-hydroxylation sites is 1. The first kappa shape index (κ1) is 14.9. The molecular weight excluding hydrogens is 268 g/mol. The number of benzene rings is 2. The summed E-state index contributed by atoms with van der Waals surface area (Å²) in [6, 6.07) is 12.4. The SMILES string of the molecule is COc1cccc(C(=O)NCc2ccccc2CN)c1O. The first-order valence-electron chi connectivity index (χ1n) is 6.58. The number of ether oxygens (including phenoxy) is 1. The van der Waals surface area contributed by atoms with Crippen molar-refractivity contribution in [2.45, 2.75) is 13.1 Å². The molecule has 0 aliphatic carbocycles. The van der Waals surface area contributed by atoms with Crippen LogP contribution in [0.25, 0.3) is 0 Å². The second-order valence-electron chi connectivity index (χ2n) is 4.51. The quantitative estimate of drug-likeness (QED) is 0.782. The van der Waals surface area contributed by atoms with Gasteiger partial charge >= 0.3 is 0 Å². The van der Waals surface area contributed by atoms with Gasteiger partial charge in [0.05, 0.1) is 12.7 Å². The number of methoxy groups -OCH3 is 1. The lowest BCUT2D eigenvalue weighted by molar-refractivity contribution is 0.0947. The maximum Gasteiger partial charge on any atom is 0.255 e. The smallest absolute Gasteiger partial charge is 0.255 e. The highest BCUT2D eigenvalue weighted by molar-refractivity contribution is 5.97. The summed E-state index contributed by atoms with van der Waals surface area (Å²) in [5.74, 6) is -0.257. The third kappa shape index (κ3) is 3.32. The number of hydrogen-bond acceptors (Lipinski definition) is 4. The Labute approximate surface area is 123 Å². The fourth-order valence-corrected chi connectivity index (χ4v) is 2.07. The Balaban J connectivity index is 2.12. The molecule has 4 N–H and O–H groups in total. The zero-order chi connectivity index (χ0) is 15.2. The lowest BCUT2D eigenvalue weighted by atomic mass is 10.1. The molecule has 5 nitrogen and oxygen atoms in total. The molecular formula is C16H18N2O3. The van der Waals surface area contributed by atoms with E-state index in [0.29, 0.717) is 13.1 Å². The third-order valence-electron chi connectivity index (χ3n) is 3.24. The summed E-state index contributed by atoms with van der Waals surface area (Å²) in [7, 11) is 1.44. The van der Waals surface area contributed by atoms with E-state index in [4.69, 9.17) is 10.5 Å². The number of nitrogens with one attached hydrogen (secondary N) is 1. The van der Waals surface area contributed by atoms with Crippen LogP contribution in [0.2, 0.25) is 0 Å². The van der Waals surface area contributed by atoms with Crippen LogP contribution in [0.3, 0.4) is 0 Å². The van der Waals surface area contributed by atoms with Crippen LogP contribution >= 0.6 is 0 Å². The van der Waals surface area contributed by atoms with Crippen molar-refractivity contribution < 1.29 is 14.6 Å². The van der Waals surface area contributed by atoms with Crippen molar-refractivity contribution >= 4 is 5.91 Å². The minimum atomic E-state index is -0.363. The molecule has 110 valence electrons. The number of phenolic OH excluding ortho intramolecular Hbond substituents is 1. The van der Waals surface area contributed by atoms with E-state index in [1.165, 1.54) is 7.11 Å². The topological polar surface area (TPSA) is 84.6 Å². The van der Waals surface area contributed by atoms with E-state index in [1.807, 2.05) is 24.3 Å². The molecule has 0 bridgehead atoms. The van der Waals surface area contributed by atoms with Crippen LogP contribution < -0.4 is 15.8 Å². The molecule has 0 saturated carbocycles. The van der Waals surface area contributed by atoms with Crippen LogP contribution in [0.15, 0.2) is 42.5 Å². The maximum absolute atomic E-state index is 12.1. The minimum Gasteiger partial charge on any atom is -0.504 e.